The zero-order valence-electron chi connectivity index (χ0n) is 7.52. The summed E-state index contributed by atoms with van der Waals surface area (Å²) in [6.45, 7) is 3.63. The van der Waals surface area contributed by atoms with Crippen LogP contribution < -0.4 is 0 Å². The molecule has 0 amide bonds. The highest BCUT2D eigenvalue weighted by atomic mass is 32.2. The Bertz CT molecular complexity index is 195. The molecule has 68 valence electrons. The van der Waals surface area contributed by atoms with E-state index in [1.807, 2.05) is 24.6 Å². The van der Waals surface area contributed by atoms with E-state index in [4.69, 9.17) is 0 Å². The van der Waals surface area contributed by atoms with Crippen LogP contribution in [0.25, 0.3) is 0 Å². The Hall–Kier alpha value is -0.550. The summed E-state index contributed by atoms with van der Waals surface area (Å²) >= 11 is 1.49. The van der Waals surface area contributed by atoms with Gasteiger partial charge in [0, 0.05) is 13.3 Å². The van der Waals surface area contributed by atoms with Crippen molar-refractivity contribution in [1.29, 1.82) is 0 Å². The van der Waals surface area contributed by atoms with Crippen LogP contribution in [0.4, 0.5) is 0 Å². The van der Waals surface area contributed by atoms with Crippen LogP contribution >= 0.6 is 11.9 Å². The maximum Gasteiger partial charge on any atom is 0.141 e. The molecule has 0 saturated carbocycles. The average molecular weight is 187 g/mol. The number of rotatable bonds is 3. The Morgan fingerprint density at radius 2 is 2.42 bits per heavy atom. The van der Waals surface area contributed by atoms with Gasteiger partial charge in [0.15, 0.2) is 0 Å². The van der Waals surface area contributed by atoms with Gasteiger partial charge in [-0.05, 0) is 25.8 Å². The minimum absolute atomic E-state index is 0.188. The Kier molecular flexibility index (Phi) is 3.11. The minimum Gasteiger partial charge on any atom is -0.299 e. The van der Waals surface area contributed by atoms with Crippen molar-refractivity contribution in [2.45, 2.75) is 19.9 Å². The molecular weight excluding hydrogens is 174 g/mol. The molecule has 0 radical (unpaired) electrons. The zero-order valence-corrected chi connectivity index (χ0v) is 8.34. The Morgan fingerprint density at radius 3 is 2.83 bits per heavy atom. The molecule has 1 atom stereocenters. The fourth-order valence-corrected chi connectivity index (χ4v) is 1.74. The molecule has 0 fully saturated rings. The SMILES string of the molecule is CC(=O)CSN1C(C)C=NN1C. The normalized spacial score (nSPS) is 23.6. The van der Waals surface area contributed by atoms with Gasteiger partial charge in [-0.3, -0.25) is 4.79 Å². The molecule has 0 spiro atoms. The molecule has 0 bridgehead atoms. The van der Waals surface area contributed by atoms with Crippen molar-refractivity contribution < 1.29 is 4.79 Å². The summed E-state index contributed by atoms with van der Waals surface area (Å²) in [5, 5.41) is 5.83. The quantitative estimate of drug-likeness (QED) is 0.611. The zero-order chi connectivity index (χ0) is 9.14. The third-order valence-corrected chi connectivity index (χ3v) is 2.85. The fourth-order valence-electron chi connectivity index (χ4n) is 0.923. The van der Waals surface area contributed by atoms with Gasteiger partial charge in [0.1, 0.15) is 5.78 Å². The first kappa shape index (κ1) is 9.54. The topological polar surface area (TPSA) is 35.9 Å². The molecule has 1 heterocycles. The van der Waals surface area contributed by atoms with Crippen LogP contribution in [-0.2, 0) is 4.79 Å². The van der Waals surface area contributed by atoms with Gasteiger partial charge in [0.2, 0.25) is 0 Å². The van der Waals surface area contributed by atoms with Gasteiger partial charge in [-0.15, -0.1) is 4.41 Å². The number of hydrogen-bond donors (Lipinski definition) is 0. The van der Waals surface area contributed by atoms with E-state index in [1.165, 1.54) is 11.9 Å². The van der Waals surface area contributed by atoms with E-state index in [0.29, 0.717) is 5.75 Å². The maximum atomic E-state index is 10.7. The molecule has 12 heavy (non-hydrogen) atoms. The van der Waals surface area contributed by atoms with E-state index in [2.05, 4.69) is 5.10 Å². The van der Waals surface area contributed by atoms with Crippen molar-refractivity contribution in [2.75, 3.05) is 12.8 Å². The van der Waals surface area contributed by atoms with Crippen molar-refractivity contribution in [1.82, 2.24) is 9.53 Å². The number of ketones is 1. The lowest BCUT2D eigenvalue weighted by molar-refractivity contribution is -0.114. The Morgan fingerprint density at radius 1 is 1.75 bits per heavy atom. The number of nitrogens with zero attached hydrogens (tertiary/aromatic N) is 3. The number of hydrazone groups is 1. The summed E-state index contributed by atoms with van der Waals surface area (Å²) in [6, 6.07) is 0.277. The second kappa shape index (κ2) is 3.91. The highest BCUT2D eigenvalue weighted by Crippen LogP contribution is 2.19. The van der Waals surface area contributed by atoms with Crippen LogP contribution in [0, 0.1) is 0 Å². The molecule has 4 nitrogen and oxygen atoms in total. The molecule has 0 aromatic rings. The molecule has 0 aliphatic carbocycles. The van der Waals surface area contributed by atoms with Gasteiger partial charge in [0.25, 0.3) is 0 Å². The van der Waals surface area contributed by atoms with Crippen molar-refractivity contribution >= 4 is 23.9 Å². The fraction of sp³-hybridized carbons (Fsp3) is 0.714. The number of hydrazine groups is 1. The van der Waals surface area contributed by atoms with E-state index in [-0.39, 0.29) is 11.8 Å². The molecule has 0 aromatic heterocycles. The lowest BCUT2D eigenvalue weighted by Gasteiger charge is -2.24. The second-order valence-electron chi connectivity index (χ2n) is 2.77. The standard InChI is InChI=1S/C7H13N3OS/c1-6-4-8-9(3)10(6)12-5-7(2)11/h4,6H,5H2,1-3H3. The second-order valence-corrected chi connectivity index (χ2v) is 3.69. The molecule has 1 unspecified atom stereocenters. The predicted molar refractivity (Wildman–Crippen MR) is 50.7 cm³/mol. The average Bonchev–Trinajstić information content (AvgIpc) is 2.28. The van der Waals surface area contributed by atoms with E-state index in [0.717, 1.165) is 0 Å². The molecule has 0 saturated heterocycles. The molecule has 0 N–H and O–H groups in total. The Labute approximate surface area is 76.7 Å². The van der Waals surface area contributed by atoms with Crippen LogP contribution in [0.15, 0.2) is 5.10 Å². The van der Waals surface area contributed by atoms with E-state index >= 15 is 0 Å². The number of carbonyl (C=O) groups is 1. The first-order valence-electron chi connectivity index (χ1n) is 3.80. The molecule has 5 heteroatoms. The van der Waals surface area contributed by atoms with Crippen molar-refractivity contribution in [2.24, 2.45) is 5.10 Å². The summed E-state index contributed by atoms with van der Waals surface area (Å²) in [7, 11) is 1.87. The van der Waals surface area contributed by atoms with Crippen LogP contribution in [0.1, 0.15) is 13.8 Å². The molecule has 1 aliphatic heterocycles. The third-order valence-electron chi connectivity index (χ3n) is 1.48. The summed E-state index contributed by atoms with van der Waals surface area (Å²) in [5.41, 5.74) is 0. The van der Waals surface area contributed by atoms with Crippen LogP contribution in [0.2, 0.25) is 0 Å². The van der Waals surface area contributed by atoms with E-state index in [1.54, 1.807) is 12.0 Å². The maximum absolute atomic E-state index is 10.7. The summed E-state index contributed by atoms with van der Waals surface area (Å²) < 4.78 is 1.97. The lowest BCUT2D eigenvalue weighted by atomic mass is 10.4. The predicted octanol–water partition coefficient (Wildman–Crippen LogP) is 0.760. The summed E-state index contributed by atoms with van der Waals surface area (Å²) in [6.07, 6.45) is 1.85. The molecule has 0 aromatic carbocycles. The van der Waals surface area contributed by atoms with Gasteiger partial charge in [-0.1, -0.05) is 0 Å². The summed E-state index contributed by atoms with van der Waals surface area (Å²) in [4.78, 5) is 10.7. The van der Waals surface area contributed by atoms with Crippen LogP contribution in [0.5, 0.6) is 0 Å². The monoisotopic (exact) mass is 187 g/mol. The highest BCUT2D eigenvalue weighted by Gasteiger charge is 2.22. The largest absolute Gasteiger partial charge is 0.299 e. The van der Waals surface area contributed by atoms with Crippen molar-refractivity contribution in [3.8, 4) is 0 Å². The lowest BCUT2D eigenvalue weighted by Crippen LogP contribution is -2.32. The summed E-state index contributed by atoms with van der Waals surface area (Å²) in [5.74, 6) is 0.699. The number of Topliss-reactive ketones (excluding diaryl/α,β-unsaturated/α-hetero) is 1. The van der Waals surface area contributed by atoms with Gasteiger partial charge in [0.05, 0.1) is 11.8 Å². The molecule has 1 aliphatic rings. The first-order valence-corrected chi connectivity index (χ1v) is 4.75. The third kappa shape index (κ3) is 2.22. The van der Waals surface area contributed by atoms with Crippen LogP contribution in [0.3, 0.4) is 0 Å². The smallest absolute Gasteiger partial charge is 0.141 e. The van der Waals surface area contributed by atoms with Crippen molar-refractivity contribution in [3.05, 3.63) is 0 Å². The number of hydrogen-bond acceptors (Lipinski definition) is 5. The van der Waals surface area contributed by atoms with E-state index in [9.17, 15) is 4.79 Å². The Balaban J connectivity index is 2.37. The van der Waals surface area contributed by atoms with Gasteiger partial charge in [-0.2, -0.15) is 5.10 Å². The highest BCUT2D eigenvalue weighted by molar-refractivity contribution is 7.97. The number of carbonyl (C=O) groups excluding carboxylic acids is 1. The van der Waals surface area contributed by atoms with E-state index < -0.39 is 0 Å². The van der Waals surface area contributed by atoms with Gasteiger partial charge < -0.3 is 0 Å². The molecule has 1 rings (SSSR count). The van der Waals surface area contributed by atoms with Crippen LogP contribution in [-0.4, -0.2) is 40.4 Å². The van der Waals surface area contributed by atoms with Gasteiger partial charge >= 0.3 is 0 Å². The van der Waals surface area contributed by atoms with Gasteiger partial charge in [-0.25, -0.2) is 5.12 Å². The first-order chi connectivity index (χ1) is 5.61. The van der Waals surface area contributed by atoms with Crippen molar-refractivity contribution in [3.63, 3.8) is 0 Å². The minimum atomic E-state index is 0.188. The molecular formula is C7H13N3OS.